The number of carbonyl (C=O) groups is 4. The average molecular weight is 410 g/mol. The number of urea groups is 1. The Bertz CT molecular complexity index is 869. The molecule has 1 fully saturated rings. The minimum absolute atomic E-state index is 0.344. The molecule has 29 heavy (non-hydrogen) atoms. The molecular weight excluding hydrogens is 391 g/mol. The van der Waals surface area contributed by atoms with Crippen molar-refractivity contribution in [3.8, 4) is 0 Å². The van der Waals surface area contributed by atoms with E-state index in [0.717, 1.165) is 18.2 Å². The van der Waals surface area contributed by atoms with Crippen LogP contribution in [-0.4, -0.2) is 52.3 Å². The number of nitrogens with zero attached hydrogens (tertiary/aromatic N) is 2. The normalized spacial score (nSPS) is 15.1. The number of nitrogens with one attached hydrogen (secondary N) is 2. The van der Waals surface area contributed by atoms with Crippen molar-refractivity contribution in [2.24, 2.45) is 0 Å². The number of imide groups is 1. The van der Waals surface area contributed by atoms with Gasteiger partial charge in [-0.15, -0.1) is 0 Å². The van der Waals surface area contributed by atoms with Gasteiger partial charge in [0.25, 0.3) is 17.5 Å². The van der Waals surface area contributed by atoms with Crippen molar-refractivity contribution in [2.45, 2.75) is 32.2 Å². The van der Waals surface area contributed by atoms with Crippen LogP contribution in [0.3, 0.4) is 0 Å². The van der Waals surface area contributed by atoms with Gasteiger partial charge in [0.1, 0.15) is 17.9 Å². The highest BCUT2D eigenvalue weighted by molar-refractivity contribution is 6.08. The maximum Gasteiger partial charge on any atom is 0.326 e. The van der Waals surface area contributed by atoms with Crippen LogP contribution in [0.5, 0.6) is 0 Å². The quantitative estimate of drug-likeness (QED) is 0.284. The Morgan fingerprint density at radius 3 is 2.52 bits per heavy atom. The van der Waals surface area contributed by atoms with E-state index >= 15 is 0 Å². The van der Waals surface area contributed by atoms with Gasteiger partial charge in [-0.3, -0.25) is 29.4 Å². The first-order chi connectivity index (χ1) is 13.6. The van der Waals surface area contributed by atoms with Crippen molar-refractivity contribution in [3.63, 3.8) is 0 Å². The summed E-state index contributed by atoms with van der Waals surface area (Å²) in [6.07, 6.45) is 0.688. The molecule has 156 valence electrons. The van der Waals surface area contributed by atoms with E-state index in [4.69, 9.17) is 4.74 Å². The van der Waals surface area contributed by atoms with E-state index in [1.165, 1.54) is 0 Å². The van der Waals surface area contributed by atoms with E-state index in [0.29, 0.717) is 17.7 Å². The number of hydrogen-bond donors (Lipinski definition) is 2. The Hall–Kier alpha value is -3.57. The number of rotatable bonds is 8. The Kier molecular flexibility index (Phi) is 6.46. The first-order valence-corrected chi connectivity index (χ1v) is 8.67. The number of non-ortho nitro benzene ring substituents is 1. The summed E-state index contributed by atoms with van der Waals surface area (Å²) in [5.41, 5.74) is -1.97. The number of hydrogen-bond acceptors (Lipinski definition) is 7. The summed E-state index contributed by atoms with van der Waals surface area (Å²) in [6, 6.07) is 1.82. The number of nitro benzene ring substituents is 1. The van der Waals surface area contributed by atoms with Gasteiger partial charge in [-0.05, 0) is 18.9 Å². The number of ether oxygens (including phenoxy) is 1. The third-order valence-electron chi connectivity index (χ3n) is 4.54. The number of amides is 4. The molecule has 1 aromatic rings. The second-order valence-electron chi connectivity index (χ2n) is 6.24. The van der Waals surface area contributed by atoms with Crippen LogP contribution < -0.4 is 10.6 Å². The second-order valence-corrected chi connectivity index (χ2v) is 6.24. The molecule has 0 unspecified atom stereocenters. The largest absolute Gasteiger partial charge is 0.454 e. The van der Waals surface area contributed by atoms with Gasteiger partial charge in [0.15, 0.2) is 6.61 Å². The molecule has 0 spiro atoms. The lowest BCUT2D eigenvalue weighted by molar-refractivity contribution is -0.384. The van der Waals surface area contributed by atoms with Gasteiger partial charge in [-0.1, -0.05) is 13.8 Å². The molecule has 2 N–H and O–H groups in total. The molecule has 2 rings (SSSR count). The maximum atomic E-state index is 13.7. The number of carbonyl (C=O) groups excluding carboxylic acids is 4. The standard InChI is InChI=1S/C17H19FN4O7/c1-3-17(4-2)15(25)21(16(26)20-17)8-14(24)29-9-13(23)19-12-7-10(22(27)28)5-6-11(12)18/h5-7H,3-4,8-9H2,1-2H3,(H,19,23)(H,20,26). The van der Waals surface area contributed by atoms with Crippen LogP contribution in [-0.2, 0) is 19.1 Å². The molecule has 4 amide bonds. The summed E-state index contributed by atoms with van der Waals surface area (Å²) in [5.74, 6) is -3.45. The predicted octanol–water partition coefficient (Wildman–Crippen LogP) is 1.33. The topological polar surface area (TPSA) is 148 Å². The van der Waals surface area contributed by atoms with Crippen LogP contribution >= 0.6 is 0 Å². The van der Waals surface area contributed by atoms with Gasteiger partial charge in [-0.25, -0.2) is 9.18 Å². The first-order valence-electron chi connectivity index (χ1n) is 8.67. The smallest absolute Gasteiger partial charge is 0.326 e. The van der Waals surface area contributed by atoms with Crippen molar-refractivity contribution in [2.75, 3.05) is 18.5 Å². The van der Waals surface area contributed by atoms with Gasteiger partial charge in [0.2, 0.25) is 0 Å². The zero-order valence-electron chi connectivity index (χ0n) is 15.7. The molecule has 0 aromatic heterocycles. The molecule has 1 aromatic carbocycles. The number of benzene rings is 1. The number of halogens is 1. The van der Waals surface area contributed by atoms with E-state index in [1.807, 2.05) is 5.32 Å². The van der Waals surface area contributed by atoms with E-state index in [-0.39, 0.29) is 0 Å². The van der Waals surface area contributed by atoms with Crippen LogP contribution in [0.25, 0.3) is 0 Å². The van der Waals surface area contributed by atoms with Crippen LogP contribution in [0.1, 0.15) is 26.7 Å². The lowest BCUT2D eigenvalue weighted by atomic mass is 9.93. The summed E-state index contributed by atoms with van der Waals surface area (Å²) in [4.78, 5) is 58.7. The molecule has 1 saturated heterocycles. The zero-order chi connectivity index (χ0) is 21.8. The lowest BCUT2D eigenvalue weighted by Crippen LogP contribution is -2.46. The SMILES string of the molecule is CCC1(CC)NC(=O)N(CC(=O)OCC(=O)Nc2cc([N+](=O)[O-])ccc2F)C1=O. The second kappa shape index (κ2) is 8.63. The van der Waals surface area contributed by atoms with Crippen molar-refractivity contribution in [3.05, 3.63) is 34.1 Å². The van der Waals surface area contributed by atoms with Crippen LogP contribution in [0.4, 0.5) is 20.6 Å². The molecule has 1 heterocycles. The van der Waals surface area contributed by atoms with E-state index in [1.54, 1.807) is 13.8 Å². The minimum Gasteiger partial charge on any atom is -0.454 e. The van der Waals surface area contributed by atoms with Gasteiger partial charge in [0, 0.05) is 12.1 Å². The molecule has 0 saturated carbocycles. The third-order valence-corrected chi connectivity index (χ3v) is 4.54. The van der Waals surface area contributed by atoms with Crippen molar-refractivity contribution in [1.29, 1.82) is 0 Å². The first kappa shape index (κ1) is 21.7. The highest BCUT2D eigenvalue weighted by Crippen LogP contribution is 2.25. The Balaban J connectivity index is 1.92. The molecular formula is C17H19FN4O7. The van der Waals surface area contributed by atoms with E-state index < -0.39 is 64.6 Å². The maximum absolute atomic E-state index is 13.7. The molecule has 0 bridgehead atoms. The van der Waals surface area contributed by atoms with Gasteiger partial charge in [-0.2, -0.15) is 0 Å². The fourth-order valence-electron chi connectivity index (χ4n) is 2.78. The summed E-state index contributed by atoms with van der Waals surface area (Å²) < 4.78 is 18.4. The predicted molar refractivity (Wildman–Crippen MR) is 96.2 cm³/mol. The molecule has 1 aliphatic rings. The van der Waals surface area contributed by atoms with Crippen LogP contribution in [0.15, 0.2) is 18.2 Å². The number of esters is 1. The van der Waals surface area contributed by atoms with Crippen molar-refractivity contribution in [1.82, 2.24) is 10.2 Å². The lowest BCUT2D eigenvalue weighted by Gasteiger charge is -2.22. The summed E-state index contributed by atoms with van der Waals surface area (Å²) in [6.45, 7) is 1.92. The summed E-state index contributed by atoms with van der Waals surface area (Å²) in [5, 5.41) is 15.3. The van der Waals surface area contributed by atoms with Crippen molar-refractivity contribution >= 4 is 35.2 Å². The number of anilines is 1. The fourth-order valence-corrected chi connectivity index (χ4v) is 2.78. The Labute approximate surface area is 164 Å². The Morgan fingerprint density at radius 1 is 1.31 bits per heavy atom. The monoisotopic (exact) mass is 410 g/mol. The third kappa shape index (κ3) is 4.65. The van der Waals surface area contributed by atoms with E-state index in [2.05, 4.69) is 5.32 Å². The molecule has 1 aliphatic heterocycles. The minimum atomic E-state index is -1.08. The van der Waals surface area contributed by atoms with E-state index in [9.17, 15) is 33.7 Å². The molecule has 0 atom stereocenters. The average Bonchev–Trinajstić information content (AvgIpc) is 2.92. The Morgan fingerprint density at radius 2 is 1.97 bits per heavy atom. The molecule has 11 nitrogen and oxygen atoms in total. The van der Waals surface area contributed by atoms with Gasteiger partial charge < -0.3 is 15.4 Å². The molecule has 0 aliphatic carbocycles. The van der Waals surface area contributed by atoms with Gasteiger partial charge in [0.05, 0.1) is 10.6 Å². The highest BCUT2D eigenvalue weighted by atomic mass is 19.1. The number of nitro groups is 1. The molecule has 0 radical (unpaired) electrons. The summed E-state index contributed by atoms with van der Waals surface area (Å²) >= 11 is 0. The molecule has 12 heteroatoms. The fraction of sp³-hybridized carbons (Fsp3) is 0.412. The summed E-state index contributed by atoms with van der Waals surface area (Å²) in [7, 11) is 0. The van der Waals surface area contributed by atoms with Crippen LogP contribution in [0.2, 0.25) is 0 Å². The van der Waals surface area contributed by atoms with Crippen LogP contribution in [0, 0.1) is 15.9 Å². The van der Waals surface area contributed by atoms with Gasteiger partial charge >= 0.3 is 12.0 Å². The zero-order valence-corrected chi connectivity index (χ0v) is 15.7. The highest BCUT2D eigenvalue weighted by Gasteiger charge is 2.49. The van der Waals surface area contributed by atoms with Crippen molar-refractivity contribution < 1.29 is 33.2 Å².